The molecule has 110 valence electrons. The zero-order valence-electron chi connectivity index (χ0n) is 12.2. The van der Waals surface area contributed by atoms with Crippen molar-refractivity contribution >= 4 is 0 Å². The lowest BCUT2D eigenvalue weighted by Crippen LogP contribution is -2.31. The van der Waals surface area contributed by atoms with Gasteiger partial charge >= 0.3 is 0 Å². The van der Waals surface area contributed by atoms with Gasteiger partial charge in [0, 0.05) is 12.3 Å². The number of hydrogen-bond donors (Lipinski definition) is 1. The van der Waals surface area contributed by atoms with E-state index in [0.29, 0.717) is 17.8 Å². The molecule has 1 N–H and O–H groups in total. The van der Waals surface area contributed by atoms with Gasteiger partial charge in [0.25, 0.3) is 0 Å². The van der Waals surface area contributed by atoms with Gasteiger partial charge in [-0.3, -0.25) is 0 Å². The molecule has 2 fully saturated rings. The Labute approximate surface area is 124 Å². The lowest BCUT2D eigenvalue weighted by Gasteiger charge is -2.20. The van der Waals surface area contributed by atoms with E-state index >= 15 is 0 Å². The van der Waals surface area contributed by atoms with Crippen molar-refractivity contribution in [3.05, 3.63) is 47.6 Å². The largest absolute Gasteiger partial charge is 0.339 e. The quantitative estimate of drug-likeness (QED) is 0.937. The van der Waals surface area contributed by atoms with Gasteiger partial charge in [-0.1, -0.05) is 35.5 Å². The zero-order valence-corrected chi connectivity index (χ0v) is 12.2. The second kappa shape index (κ2) is 5.60. The van der Waals surface area contributed by atoms with Crippen LogP contribution in [0, 0.1) is 5.92 Å². The smallest absolute Gasteiger partial charge is 0.230 e. The van der Waals surface area contributed by atoms with Gasteiger partial charge < -0.3 is 9.84 Å². The Hall–Kier alpha value is -1.68. The summed E-state index contributed by atoms with van der Waals surface area (Å²) in [5.41, 5.74) is 1.39. The monoisotopic (exact) mass is 283 g/mol. The highest BCUT2D eigenvalue weighted by Gasteiger charge is 2.43. The number of piperidine rings is 1. The van der Waals surface area contributed by atoms with E-state index in [1.165, 1.54) is 18.4 Å². The Bertz CT molecular complexity index is 589. The van der Waals surface area contributed by atoms with E-state index in [1.807, 2.05) is 0 Å². The molecule has 21 heavy (non-hydrogen) atoms. The molecule has 2 aliphatic rings. The molecule has 0 spiro atoms. The topological polar surface area (TPSA) is 51.0 Å². The summed E-state index contributed by atoms with van der Waals surface area (Å²) in [5.74, 6) is 3.38. The lowest BCUT2D eigenvalue weighted by atomic mass is 9.96. The third-order valence-corrected chi connectivity index (χ3v) is 4.69. The maximum Gasteiger partial charge on any atom is 0.230 e. The number of aromatic nitrogens is 2. The van der Waals surface area contributed by atoms with Crippen LogP contribution >= 0.6 is 0 Å². The van der Waals surface area contributed by atoms with Gasteiger partial charge in [0.05, 0.1) is 0 Å². The Balaban J connectivity index is 1.39. The first-order chi connectivity index (χ1) is 10.4. The number of rotatable bonds is 4. The van der Waals surface area contributed by atoms with Crippen LogP contribution in [0.25, 0.3) is 0 Å². The van der Waals surface area contributed by atoms with Gasteiger partial charge in [0.2, 0.25) is 5.89 Å². The number of benzene rings is 1. The predicted molar refractivity (Wildman–Crippen MR) is 80.1 cm³/mol. The van der Waals surface area contributed by atoms with Gasteiger partial charge in [-0.15, -0.1) is 0 Å². The minimum absolute atomic E-state index is 0.429. The highest BCUT2D eigenvalue weighted by molar-refractivity contribution is 5.30. The summed E-state index contributed by atoms with van der Waals surface area (Å²) in [7, 11) is 0. The fraction of sp³-hybridized carbons (Fsp3) is 0.529. The van der Waals surface area contributed by atoms with Gasteiger partial charge in [0.15, 0.2) is 5.82 Å². The van der Waals surface area contributed by atoms with Crippen molar-refractivity contribution in [3.8, 4) is 0 Å². The molecule has 1 aromatic carbocycles. The van der Waals surface area contributed by atoms with Crippen molar-refractivity contribution in [1.82, 2.24) is 15.5 Å². The third kappa shape index (κ3) is 2.86. The molecule has 1 aliphatic heterocycles. The zero-order chi connectivity index (χ0) is 14.1. The number of nitrogens with one attached hydrogen (secondary N) is 1. The fourth-order valence-corrected chi connectivity index (χ4v) is 3.39. The normalized spacial score (nSPS) is 28.5. The Kier molecular flexibility index (Phi) is 3.47. The molecule has 0 amide bonds. The van der Waals surface area contributed by atoms with Crippen LogP contribution in [-0.2, 0) is 6.42 Å². The van der Waals surface area contributed by atoms with Crippen LogP contribution in [-0.4, -0.2) is 23.2 Å². The minimum Gasteiger partial charge on any atom is -0.339 e. The first-order valence-corrected chi connectivity index (χ1v) is 7.98. The molecule has 3 unspecified atom stereocenters. The summed E-state index contributed by atoms with van der Waals surface area (Å²) >= 11 is 0. The van der Waals surface area contributed by atoms with E-state index < -0.39 is 0 Å². The molecular formula is C17H21N3O. The van der Waals surface area contributed by atoms with Crippen molar-refractivity contribution in [2.45, 2.75) is 37.5 Å². The molecule has 4 nitrogen and oxygen atoms in total. The molecule has 3 atom stereocenters. The van der Waals surface area contributed by atoms with Crippen molar-refractivity contribution in [2.24, 2.45) is 5.92 Å². The van der Waals surface area contributed by atoms with Crippen LogP contribution in [0.4, 0.5) is 0 Å². The maximum absolute atomic E-state index is 5.50. The van der Waals surface area contributed by atoms with E-state index in [-0.39, 0.29) is 0 Å². The van der Waals surface area contributed by atoms with Gasteiger partial charge in [0.1, 0.15) is 0 Å². The standard InChI is InChI=1S/C17H21N3O/c1-2-6-13(7-3-1)14-10-15(14)17-19-16(20-21-17)9-12-5-4-8-18-11-12/h1-3,6-7,12,14-15,18H,4-5,8-11H2. The van der Waals surface area contributed by atoms with Gasteiger partial charge in [-0.2, -0.15) is 4.98 Å². The molecule has 0 radical (unpaired) electrons. The lowest BCUT2D eigenvalue weighted by molar-refractivity contribution is 0.349. The molecule has 4 heteroatoms. The Morgan fingerprint density at radius 3 is 2.90 bits per heavy atom. The summed E-state index contributed by atoms with van der Waals surface area (Å²) in [5, 5.41) is 7.63. The second-order valence-electron chi connectivity index (χ2n) is 6.32. The molecule has 1 aliphatic carbocycles. The molecular weight excluding hydrogens is 262 g/mol. The second-order valence-corrected chi connectivity index (χ2v) is 6.32. The summed E-state index contributed by atoms with van der Waals surface area (Å²) < 4.78 is 5.50. The molecule has 2 aromatic rings. The fourth-order valence-electron chi connectivity index (χ4n) is 3.39. The summed E-state index contributed by atoms with van der Waals surface area (Å²) in [4.78, 5) is 4.64. The average Bonchev–Trinajstić information content (AvgIpc) is 3.22. The van der Waals surface area contributed by atoms with Crippen molar-refractivity contribution in [2.75, 3.05) is 13.1 Å². The Morgan fingerprint density at radius 2 is 2.10 bits per heavy atom. The highest BCUT2D eigenvalue weighted by Crippen LogP contribution is 2.53. The minimum atomic E-state index is 0.429. The first-order valence-electron chi connectivity index (χ1n) is 7.98. The third-order valence-electron chi connectivity index (χ3n) is 4.69. The van der Waals surface area contributed by atoms with E-state index in [4.69, 9.17) is 4.52 Å². The van der Waals surface area contributed by atoms with Crippen LogP contribution in [0.2, 0.25) is 0 Å². The van der Waals surface area contributed by atoms with E-state index in [0.717, 1.165) is 37.6 Å². The molecule has 1 saturated carbocycles. The summed E-state index contributed by atoms with van der Waals surface area (Å²) in [6.07, 6.45) is 4.61. The number of hydrogen-bond acceptors (Lipinski definition) is 4. The summed E-state index contributed by atoms with van der Waals surface area (Å²) in [6.45, 7) is 2.23. The molecule has 1 aromatic heterocycles. The molecule has 1 saturated heterocycles. The van der Waals surface area contributed by atoms with E-state index in [1.54, 1.807) is 0 Å². The first kappa shape index (κ1) is 13.0. The van der Waals surface area contributed by atoms with E-state index in [2.05, 4.69) is 45.8 Å². The Morgan fingerprint density at radius 1 is 1.19 bits per heavy atom. The molecule has 2 heterocycles. The summed E-state index contributed by atoms with van der Waals surface area (Å²) in [6, 6.07) is 10.6. The van der Waals surface area contributed by atoms with Crippen LogP contribution < -0.4 is 5.32 Å². The molecule has 4 rings (SSSR count). The van der Waals surface area contributed by atoms with Crippen LogP contribution in [0.5, 0.6) is 0 Å². The highest BCUT2D eigenvalue weighted by atomic mass is 16.5. The van der Waals surface area contributed by atoms with Crippen LogP contribution in [0.15, 0.2) is 34.9 Å². The maximum atomic E-state index is 5.50. The number of nitrogens with zero attached hydrogens (tertiary/aromatic N) is 2. The van der Waals surface area contributed by atoms with Crippen molar-refractivity contribution < 1.29 is 4.52 Å². The average molecular weight is 283 g/mol. The molecule has 0 bridgehead atoms. The van der Waals surface area contributed by atoms with E-state index in [9.17, 15) is 0 Å². The van der Waals surface area contributed by atoms with Crippen molar-refractivity contribution in [3.63, 3.8) is 0 Å². The SMILES string of the molecule is c1ccc(C2CC2c2nc(CC3CCCNC3)no2)cc1. The van der Waals surface area contributed by atoms with Crippen molar-refractivity contribution in [1.29, 1.82) is 0 Å². The van der Waals surface area contributed by atoms with Gasteiger partial charge in [-0.25, -0.2) is 0 Å². The van der Waals surface area contributed by atoms with Crippen LogP contribution in [0.3, 0.4) is 0 Å². The van der Waals surface area contributed by atoms with Crippen LogP contribution in [0.1, 0.15) is 48.4 Å². The predicted octanol–water partition coefficient (Wildman–Crippen LogP) is 2.88. The van der Waals surface area contributed by atoms with Gasteiger partial charge in [-0.05, 0) is 49.8 Å².